The van der Waals surface area contributed by atoms with Crippen LogP contribution in [0.2, 0.25) is 0 Å². The van der Waals surface area contributed by atoms with Gasteiger partial charge in [0, 0.05) is 26.2 Å². The summed E-state index contributed by atoms with van der Waals surface area (Å²) >= 11 is 0. The summed E-state index contributed by atoms with van der Waals surface area (Å²) in [4.78, 5) is 22.5. The summed E-state index contributed by atoms with van der Waals surface area (Å²) in [6.07, 6.45) is 2.43. The van der Waals surface area contributed by atoms with Crippen molar-refractivity contribution in [2.45, 2.75) is 26.3 Å². The number of aryl methyl sites for hydroxylation is 1. The molecule has 1 aromatic rings. The fraction of sp³-hybridized carbons (Fsp3) is 0.583. The largest absolute Gasteiger partial charge is 0.480 e. The van der Waals surface area contributed by atoms with Gasteiger partial charge in [0.15, 0.2) is 0 Å². The van der Waals surface area contributed by atoms with Crippen LogP contribution in [0.4, 0.5) is 4.79 Å². The normalized spacial score (nSPS) is 12.2. The van der Waals surface area contributed by atoms with E-state index in [2.05, 4.69) is 15.7 Å². The number of carboxylic acids is 1. The lowest BCUT2D eigenvalue weighted by atomic mass is 10.1. The van der Waals surface area contributed by atoms with Gasteiger partial charge in [0.1, 0.15) is 6.04 Å². The Morgan fingerprint density at radius 2 is 2.16 bits per heavy atom. The Bertz CT molecular complexity index is 442. The van der Waals surface area contributed by atoms with Gasteiger partial charge in [-0.1, -0.05) is 13.8 Å². The molecule has 0 bridgehead atoms. The summed E-state index contributed by atoms with van der Waals surface area (Å²) in [5.41, 5.74) is 0.876. The average Bonchev–Trinajstić information content (AvgIpc) is 2.71. The van der Waals surface area contributed by atoms with Gasteiger partial charge in [0.05, 0.1) is 5.69 Å². The zero-order valence-corrected chi connectivity index (χ0v) is 11.4. The monoisotopic (exact) mass is 268 g/mol. The average molecular weight is 268 g/mol. The molecule has 7 heteroatoms. The molecule has 3 N–H and O–H groups in total. The zero-order valence-electron chi connectivity index (χ0n) is 11.4. The lowest BCUT2D eigenvalue weighted by molar-refractivity contribution is -0.140. The third kappa shape index (κ3) is 4.99. The summed E-state index contributed by atoms with van der Waals surface area (Å²) in [7, 11) is 1.82. The molecule has 0 aliphatic heterocycles. The van der Waals surface area contributed by atoms with E-state index < -0.39 is 18.0 Å². The van der Waals surface area contributed by atoms with Crippen molar-refractivity contribution < 1.29 is 14.7 Å². The second kappa shape index (κ2) is 6.77. The third-order valence-corrected chi connectivity index (χ3v) is 2.65. The number of nitrogens with one attached hydrogen (secondary N) is 2. The van der Waals surface area contributed by atoms with Crippen molar-refractivity contribution in [2.24, 2.45) is 13.0 Å². The molecule has 0 aromatic carbocycles. The number of rotatable bonds is 6. The molecule has 0 spiro atoms. The smallest absolute Gasteiger partial charge is 0.326 e. The van der Waals surface area contributed by atoms with Crippen LogP contribution in [0.1, 0.15) is 19.5 Å². The molecule has 1 aromatic heterocycles. The second-order valence-corrected chi connectivity index (χ2v) is 4.69. The van der Waals surface area contributed by atoms with Crippen LogP contribution in [-0.2, 0) is 18.3 Å². The van der Waals surface area contributed by atoms with Gasteiger partial charge in [0.2, 0.25) is 0 Å². The van der Waals surface area contributed by atoms with Crippen LogP contribution in [0, 0.1) is 5.92 Å². The standard InChI is InChI=1S/C12H20N4O3/c1-8(2)10(11(17)18)14-12(19)13-6-4-9-5-7-16(3)15-9/h5,7-8,10H,4,6H2,1-3H3,(H,17,18)(H2,13,14,19)/t10-/m0/s1. The number of carbonyl (C=O) groups is 2. The first kappa shape index (κ1) is 15.0. The maximum atomic E-state index is 11.5. The highest BCUT2D eigenvalue weighted by Crippen LogP contribution is 2.01. The molecular formula is C12H20N4O3. The highest BCUT2D eigenvalue weighted by molar-refractivity contribution is 5.82. The molecule has 0 saturated carbocycles. The van der Waals surface area contributed by atoms with E-state index in [1.165, 1.54) is 0 Å². The van der Waals surface area contributed by atoms with Gasteiger partial charge in [-0.2, -0.15) is 5.10 Å². The first-order valence-electron chi connectivity index (χ1n) is 6.16. The van der Waals surface area contributed by atoms with Gasteiger partial charge in [-0.25, -0.2) is 9.59 Å². The highest BCUT2D eigenvalue weighted by atomic mass is 16.4. The van der Waals surface area contributed by atoms with Gasteiger partial charge >= 0.3 is 12.0 Å². The Labute approximate surface area is 112 Å². The first-order valence-corrected chi connectivity index (χ1v) is 6.16. The Morgan fingerprint density at radius 1 is 1.47 bits per heavy atom. The summed E-state index contributed by atoms with van der Waals surface area (Å²) in [6.45, 7) is 3.90. The molecule has 0 fully saturated rings. The van der Waals surface area contributed by atoms with Crippen molar-refractivity contribution in [1.29, 1.82) is 0 Å². The predicted molar refractivity (Wildman–Crippen MR) is 69.7 cm³/mol. The number of nitrogens with zero attached hydrogens (tertiary/aromatic N) is 2. The predicted octanol–water partition coefficient (Wildman–Crippen LogP) is 0.371. The molecule has 1 atom stereocenters. The summed E-state index contributed by atoms with van der Waals surface area (Å²) in [6, 6.07) is 0.514. The number of urea groups is 1. The molecule has 106 valence electrons. The quantitative estimate of drug-likeness (QED) is 0.694. The first-order chi connectivity index (χ1) is 8.90. The van der Waals surface area contributed by atoms with E-state index >= 15 is 0 Å². The van der Waals surface area contributed by atoms with Crippen LogP contribution in [0.15, 0.2) is 12.3 Å². The molecule has 7 nitrogen and oxygen atoms in total. The van der Waals surface area contributed by atoms with Crippen LogP contribution in [0.5, 0.6) is 0 Å². The number of amides is 2. The van der Waals surface area contributed by atoms with E-state index in [9.17, 15) is 9.59 Å². The summed E-state index contributed by atoms with van der Waals surface area (Å²) in [5.74, 6) is -1.20. The molecule has 0 radical (unpaired) electrons. The lowest BCUT2D eigenvalue weighted by Gasteiger charge is -2.18. The van der Waals surface area contributed by atoms with Gasteiger partial charge < -0.3 is 15.7 Å². The topological polar surface area (TPSA) is 96.3 Å². The molecule has 19 heavy (non-hydrogen) atoms. The number of hydrogen-bond acceptors (Lipinski definition) is 3. The van der Waals surface area contributed by atoms with Crippen molar-refractivity contribution >= 4 is 12.0 Å². The number of carboxylic acid groups (broad SMARTS) is 1. The fourth-order valence-electron chi connectivity index (χ4n) is 1.61. The van der Waals surface area contributed by atoms with Crippen LogP contribution in [0.25, 0.3) is 0 Å². The maximum absolute atomic E-state index is 11.5. The second-order valence-electron chi connectivity index (χ2n) is 4.69. The van der Waals surface area contributed by atoms with Gasteiger partial charge in [-0.15, -0.1) is 0 Å². The van der Waals surface area contributed by atoms with Crippen molar-refractivity contribution in [2.75, 3.05) is 6.54 Å². The van der Waals surface area contributed by atoms with E-state index in [0.717, 1.165) is 5.69 Å². The maximum Gasteiger partial charge on any atom is 0.326 e. The molecule has 2 amide bonds. The Balaban J connectivity index is 2.33. The van der Waals surface area contributed by atoms with E-state index in [-0.39, 0.29) is 5.92 Å². The van der Waals surface area contributed by atoms with Gasteiger partial charge in [0.25, 0.3) is 0 Å². The summed E-state index contributed by atoms with van der Waals surface area (Å²) in [5, 5.41) is 18.2. The lowest BCUT2D eigenvalue weighted by Crippen LogP contribution is -2.48. The van der Waals surface area contributed by atoms with E-state index in [1.807, 2.05) is 19.3 Å². The molecule has 0 aliphatic carbocycles. The molecule has 1 heterocycles. The Morgan fingerprint density at radius 3 is 2.63 bits per heavy atom. The highest BCUT2D eigenvalue weighted by Gasteiger charge is 2.22. The molecule has 1 rings (SSSR count). The number of aromatic nitrogens is 2. The minimum Gasteiger partial charge on any atom is -0.480 e. The third-order valence-electron chi connectivity index (χ3n) is 2.65. The molecule has 0 aliphatic rings. The molecular weight excluding hydrogens is 248 g/mol. The SMILES string of the molecule is CC(C)[C@H](NC(=O)NCCc1ccn(C)n1)C(=O)O. The van der Waals surface area contributed by atoms with Crippen LogP contribution in [0.3, 0.4) is 0 Å². The van der Waals surface area contributed by atoms with Crippen molar-refractivity contribution in [3.8, 4) is 0 Å². The molecule has 0 saturated heterocycles. The zero-order chi connectivity index (χ0) is 14.4. The van der Waals surface area contributed by atoms with E-state index in [0.29, 0.717) is 13.0 Å². The van der Waals surface area contributed by atoms with Gasteiger partial charge in [-0.3, -0.25) is 4.68 Å². The van der Waals surface area contributed by atoms with Crippen LogP contribution >= 0.6 is 0 Å². The Hall–Kier alpha value is -2.05. The fourth-order valence-corrected chi connectivity index (χ4v) is 1.61. The van der Waals surface area contributed by atoms with Crippen molar-refractivity contribution in [3.63, 3.8) is 0 Å². The molecule has 0 unspecified atom stereocenters. The number of aliphatic carboxylic acids is 1. The Kier molecular flexibility index (Phi) is 5.35. The van der Waals surface area contributed by atoms with Gasteiger partial charge in [-0.05, 0) is 12.0 Å². The van der Waals surface area contributed by atoms with Crippen molar-refractivity contribution in [3.05, 3.63) is 18.0 Å². The van der Waals surface area contributed by atoms with E-state index in [4.69, 9.17) is 5.11 Å². The van der Waals surface area contributed by atoms with Crippen LogP contribution < -0.4 is 10.6 Å². The summed E-state index contributed by atoms with van der Waals surface area (Å²) < 4.78 is 1.69. The number of carbonyl (C=O) groups excluding carboxylic acids is 1. The van der Waals surface area contributed by atoms with Crippen LogP contribution in [-0.4, -0.2) is 39.5 Å². The minimum atomic E-state index is -1.03. The van der Waals surface area contributed by atoms with Crippen molar-refractivity contribution in [1.82, 2.24) is 20.4 Å². The number of hydrogen-bond donors (Lipinski definition) is 3. The minimum absolute atomic E-state index is 0.168. The van der Waals surface area contributed by atoms with E-state index in [1.54, 1.807) is 18.5 Å².